The van der Waals surface area contributed by atoms with Crippen LogP contribution in [0.5, 0.6) is 0 Å². The van der Waals surface area contributed by atoms with E-state index in [-0.39, 0.29) is 0 Å². The van der Waals surface area contributed by atoms with Gasteiger partial charge in [0.15, 0.2) is 6.29 Å². The molecule has 0 bridgehead atoms. The highest BCUT2D eigenvalue weighted by atomic mass is 16.1. The van der Waals surface area contributed by atoms with Gasteiger partial charge < -0.3 is 0 Å². The van der Waals surface area contributed by atoms with Crippen molar-refractivity contribution in [2.24, 2.45) is 9.98 Å². The number of carbonyl (C=O) groups is 1. The zero-order valence-electron chi connectivity index (χ0n) is 8.08. The Hall–Kier alpha value is -2.30. The number of hydrogen-bond acceptors (Lipinski definition) is 3. The predicted octanol–water partition coefficient (Wildman–Crippen LogP) is 1.30. The molecule has 0 amide bonds. The van der Waals surface area contributed by atoms with Gasteiger partial charge in [-0.05, 0) is 0 Å². The molecule has 0 radical (unpaired) electrons. The fourth-order valence-electron chi connectivity index (χ4n) is 0.876. The second-order valence-electron chi connectivity index (χ2n) is 2.45. The van der Waals surface area contributed by atoms with Crippen molar-refractivity contribution in [2.75, 3.05) is 0 Å². The molecule has 0 saturated heterocycles. The SMILES string of the molecule is C=C/C=N\C(=N/C=C)n1cnc(C=O)c1. The molecule has 0 aromatic carbocycles. The summed E-state index contributed by atoms with van der Waals surface area (Å²) < 4.78 is 1.52. The summed E-state index contributed by atoms with van der Waals surface area (Å²) in [6, 6.07) is 0. The number of allylic oxidation sites excluding steroid dienone is 1. The summed E-state index contributed by atoms with van der Waals surface area (Å²) in [6.07, 6.45) is 8.00. The molecule has 0 fully saturated rings. The number of carbonyl (C=O) groups excluding carboxylic acids is 1. The number of hydrogen-bond donors (Lipinski definition) is 0. The molecule has 0 aliphatic carbocycles. The zero-order valence-corrected chi connectivity index (χ0v) is 8.08. The lowest BCUT2D eigenvalue weighted by atomic mass is 10.5. The highest BCUT2D eigenvalue weighted by Crippen LogP contribution is 1.95. The van der Waals surface area contributed by atoms with E-state index in [1.165, 1.54) is 35.6 Å². The van der Waals surface area contributed by atoms with Gasteiger partial charge in [0.25, 0.3) is 0 Å². The van der Waals surface area contributed by atoms with Crippen LogP contribution in [0.3, 0.4) is 0 Å². The molecule has 0 atom stereocenters. The van der Waals surface area contributed by atoms with E-state index in [0.717, 1.165) is 0 Å². The number of aromatic nitrogens is 2. The van der Waals surface area contributed by atoms with E-state index in [1.54, 1.807) is 0 Å². The Bertz CT molecular complexity index is 428. The Morgan fingerprint density at radius 3 is 2.87 bits per heavy atom. The smallest absolute Gasteiger partial charge is 0.234 e. The standard InChI is InChI=1S/C10H10N4O/c1-3-5-12-10(11-4-2)14-6-9(7-15)13-8-14/h3-8H,1-2H2/b11-10+,12-5-. The van der Waals surface area contributed by atoms with Gasteiger partial charge in [-0.25, -0.2) is 15.0 Å². The fraction of sp³-hybridized carbons (Fsp3) is 0. The maximum absolute atomic E-state index is 10.4. The molecule has 0 saturated carbocycles. The second kappa shape index (κ2) is 5.43. The van der Waals surface area contributed by atoms with Crippen molar-refractivity contribution in [1.29, 1.82) is 0 Å². The van der Waals surface area contributed by atoms with Crippen LogP contribution in [-0.2, 0) is 0 Å². The molecule has 5 heteroatoms. The quantitative estimate of drug-likeness (QED) is 0.421. The molecular formula is C10H10N4O. The van der Waals surface area contributed by atoms with Crippen molar-refractivity contribution in [3.05, 3.63) is 43.7 Å². The Morgan fingerprint density at radius 2 is 2.33 bits per heavy atom. The number of rotatable bonds is 3. The third kappa shape index (κ3) is 2.84. The molecule has 76 valence electrons. The van der Waals surface area contributed by atoms with Gasteiger partial charge in [-0.15, -0.1) is 0 Å². The Balaban J connectivity index is 3.03. The number of imidazole rings is 1. The zero-order chi connectivity index (χ0) is 11.1. The molecule has 15 heavy (non-hydrogen) atoms. The molecule has 0 spiro atoms. The minimum absolute atomic E-state index is 0.320. The molecule has 1 heterocycles. The van der Waals surface area contributed by atoms with E-state index in [4.69, 9.17) is 0 Å². The van der Waals surface area contributed by atoms with Gasteiger partial charge >= 0.3 is 0 Å². The van der Waals surface area contributed by atoms with Crippen molar-refractivity contribution >= 4 is 18.5 Å². The summed E-state index contributed by atoms with van der Waals surface area (Å²) in [5.74, 6) is 0.366. The van der Waals surface area contributed by atoms with E-state index < -0.39 is 0 Å². The normalized spacial score (nSPS) is 11.6. The van der Waals surface area contributed by atoms with E-state index in [1.807, 2.05) is 0 Å². The van der Waals surface area contributed by atoms with Crippen LogP contribution in [-0.4, -0.2) is 28.0 Å². The van der Waals surface area contributed by atoms with Crippen LogP contribution in [0.2, 0.25) is 0 Å². The van der Waals surface area contributed by atoms with Crippen LogP contribution in [0.1, 0.15) is 10.5 Å². The van der Waals surface area contributed by atoms with Crippen LogP contribution in [0.25, 0.3) is 0 Å². The lowest BCUT2D eigenvalue weighted by molar-refractivity contribution is 0.111. The average molecular weight is 202 g/mol. The van der Waals surface area contributed by atoms with Crippen molar-refractivity contribution in [1.82, 2.24) is 9.55 Å². The first-order valence-corrected chi connectivity index (χ1v) is 4.15. The summed E-state index contributed by atoms with van der Waals surface area (Å²) in [5.41, 5.74) is 0.320. The van der Waals surface area contributed by atoms with Crippen LogP contribution < -0.4 is 0 Å². The predicted molar refractivity (Wildman–Crippen MR) is 59.3 cm³/mol. The molecule has 5 nitrogen and oxygen atoms in total. The summed E-state index contributed by atoms with van der Waals surface area (Å²) in [7, 11) is 0. The first kappa shape index (κ1) is 10.8. The summed E-state index contributed by atoms with van der Waals surface area (Å²) >= 11 is 0. The van der Waals surface area contributed by atoms with Gasteiger partial charge in [0.1, 0.15) is 12.0 Å². The van der Waals surface area contributed by atoms with Gasteiger partial charge in [0.05, 0.1) is 0 Å². The van der Waals surface area contributed by atoms with E-state index in [2.05, 4.69) is 28.1 Å². The molecule has 0 unspecified atom stereocenters. The minimum Gasteiger partial charge on any atom is -0.296 e. The number of nitrogens with zero attached hydrogens (tertiary/aromatic N) is 4. The minimum atomic E-state index is 0.320. The van der Waals surface area contributed by atoms with Gasteiger partial charge in [-0.3, -0.25) is 9.36 Å². The van der Waals surface area contributed by atoms with E-state index in [0.29, 0.717) is 17.9 Å². The largest absolute Gasteiger partial charge is 0.296 e. The van der Waals surface area contributed by atoms with Gasteiger partial charge in [0.2, 0.25) is 5.96 Å². The summed E-state index contributed by atoms with van der Waals surface area (Å²) in [5, 5.41) is 0. The average Bonchev–Trinajstić information content (AvgIpc) is 2.72. The maximum atomic E-state index is 10.4. The lowest BCUT2D eigenvalue weighted by Gasteiger charge is -1.97. The van der Waals surface area contributed by atoms with Crippen LogP contribution in [0.15, 0.2) is 47.9 Å². The van der Waals surface area contributed by atoms with Crippen molar-refractivity contribution in [3.8, 4) is 0 Å². The third-order valence-electron chi connectivity index (χ3n) is 1.46. The van der Waals surface area contributed by atoms with Crippen LogP contribution >= 0.6 is 0 Å². The van der Waals surface area contributed by atoms with Crippen LogP contribution in [0, 0.1) is 0 Å². The molecule has 1 aromatic rings. The van der Waals surface area contributed by atoms with Crippen molar-refractivity contribution < 1.29 is 4.79 Å². The first-order chi connectivity index (χ1) is 7.31. The molecule has 1 aromatic heterocycles. The first-order valence-electron chi connectivity index (χ1n) is 4.15. The highest BCUT2D eigenvalue weighted by Gasteiger charge is 2.01. The second-order valence-corrected chi connectivity index (χ2v) is 2.45. The molecule has 1 rings (SSSR count). The summed E-state index contributed by atoms with van der Waals surface area (Å²) in [4.78, 5) is 22.2. The topological polar surface area (TPSA) is 59.6 Å². The Labute approximate surface area is 87.2 Å². The number of aliphatic imine (C=N–C) groups is 2. The van der Waals surface area contributed by atoms with Gasteiger partial charge in [-0.1, -0.05) is 19.2 Å². The highest BCUT2D eigenvalue weighted by molar-refractivity contribution is 5.92. The lowest BCUT2D eigenvalue weighted by Crippen LogP contribution is -2.06. The number of aldehydes is 1. The Morgan fingerprint density at radius 1 is 1.53 bits per heavy atom. The molecule has 0 N–H and O–H groups in total. The van der Waals surface area contributed by atoms with Gasteiger partial charge in [-0.2, -0.15) is 0 Å². The van der Waals surface area contributed by atoms with E-state index in [9.17, 15) is 4.79 Å². The monoisotopic (exact) mass is 202 g/mol. The third-order valence-corrected chi connectivity index (χ3v) is 1.46. The fourth-order valence-corrected chi connectivity index (χ4v) is 0.876. The van der Waals surface area contributed by atoms with Crippen molar-refractivity contribution in [2.45, 2.75) is 0 Å². The van der Waals surface area contributed by atoms with Crippen LogP contribution in [0.4, 0.5) is 0 Å². The molecule has 0 aliphatic rings. The summed E-state index contributed by atoms with van der Waals surface area (Å²) in [6.45, 7) is 6.97. The molecule has 0 aliphatic heterocycles. The van der Waals surface area contributed by atoms with Gasteiger partial charge in [0, 0.05) is 18.6 Å². The Kier molecular flexibility index (Phi) is 3.91. The maximum Gasteiger partial charge on any atom is 0.234 e. The van der Waals surface area contributed by atoms with Crippen molar-refractivity contribution in [3.63, 3.8) is 0 Å². The molecular weight excluding hydrogens is 192 g/mol. The van der Waals surface area contributed by atoms with E-state index >= 15 is 0 Å².